The van der Waals surface area contributed by atoms with Gasteiger partial charge in [-0.05, 0) is 56.8 Å². The number of halogens is 1. The summed E-state index contributed by atoms with van der Waals surface area (Å²) >= 11 is 3.64. The van der Waals surface area contributed by atoms with Gasteiger partial charge in [0, 0.05) is 16.1 Å². The van der Waals surface area contributed by atoms with E-state index in [0.29, 0.717) is 6.04 Å². The van der Waals surface area contributed by atoms with Crippen LogP contribution in [0.3, 0.4) is 0 Å². The minimum Gasteiger partial charge on any atom is -0.496 e. The van der Waals surface area contributed by atoms with Crippen LogP contribution in [-0.2, 0) is 0 Å². The van der Waals surface area contributed by atoms with Crippen LogP contribution in [0, 0.1) is 19.8 Å². The Hall–Kier alpha value is -0.540. The molecule has 3 heteroatoms. The van der Waals surface area contributed by atoms with Gasteiger partial charge < -0.3 is 10.1 Å². The lowest BCUT2D eigenvalue weighted by Crippen LogP contribution is -2.20. The van der Waals surface area contributed by atoms with E-state index in [4.69, 9.17) is 4.74 Å². The molecule has 17 heavy (non-hydrogen) atoms. The molecule has 0 bridgehead atoms. The Morgan fingerprint density at radius 2 is 2.06 bits per heavy atom. The molecule has 0 aliphatic heterocycles. The van der Waals surface area contributed by atoms with E-state index in [1.54, 1.807) is 7.11 Å². The van der Waals surface area contributed by atoms with Crippen molar-refractivity contribution in [2.45, 2.75) is 32.7 Å². The van der Waals surface area contributed by atoms with Crippen molar-refractivity contribution in [1.29, 1.82) is 0 Å². The van der Waals surface area contributed by atoms with Gasteiger partial charge >= 0.3 is 0 Å². The van der Waals surface area contributed by atoms with Crippen molar-refractivity contribution in [3.05, 3.63) is 27.2 Å². The summed E-state index contributed by atoms with van der Waals surface area (Å²) in [7, 11) is 3.80. The lowest BCUT2D eigenvalue weighted by Gasteiger charge is -2.23. The second kappa shape index (κ2) is 4.99. The Morgan fingerprint density at radius 1 is 1.41 bits per heavy atom. The van der Waals surface area contributed by atoms with Crippen LogP contribution in [0.4, 0.5) is 0 Å². The van der Waals surface area contributed by atoms with Gasteiger partial charge in [-0.1, -0.05) is 15.9 Å². The van der Waals surface area contributed by atoms with Gasteiger partial charge in [0.2, 0.25) is 0 Å². The normalized spacial score (nSPS) is 17.0. The molecule has 0 heterocycles. The van der Waals surface area contributed by atoms with Crippen molar-refractivity contribution in [2.75, 3.05) is 14.2 Å². The van der Waals surface area contributed by atoms with Gasteiger partial charge in [-0.15, -0.1) is 0 Å². The molecule has 0 spiro atoms. The molecule has 2 rings (SSSR count). The van der Waals surface area contributed by atoms with Crippen LogP contribution in [-0.4, -0.2) is 14.2 Å². The lowest BCUT2D eigenvalue weighted by atomic mass is 9.94. The van der Waals surface area contributed by atoms with Gasteiger partial charge in [-0.25, -0.2) is 0 Å². The molecule has 0 aromatic heterocycles. The molecule has 1 saturated carbocycles. The molecule has 1 atom stereocenters. The number of ether oxygens (including phenoxy) is 1. The first-order valence-electron chi connectivity index (χ1n) is 6.11. The van der Waals surface area contributed by atoms with Gasteiger partial charge in [-0.2, -0.15) is 0 Å². The summed E-state index contributed by atoms with van der Waals surface area (Å²) in [6.45, 7) is 4.26. The minimum atomic E-state index is 0.418. The molecule has 1 aromatic carbocycles. The summed E-state index contributed by atoms with van der Waals surface area (Å²) in [6.07, 6.45) is 2.64. The van der Waals surface area contributed by atoms with E-state index in [0.717, 1.165) is 11.7 Å². The maximum atomic E-state index is 5.61. The van der Waals surface area contributed by atoms with Crippen LogP contribution in [0.5, 0.6) is 5.75 Å². The summed E-state index contributed by atoms with van der Waals surface area (Å²) in [4.78, 5) is 0. The lowest BCUT2D eigenvalue weighted by molar-refractivity contribution is 0.392. The smallest absolute Gasteiger partial charge is 0.126 e. The first-order valence-corrected chi connectivity index (χ1v) is 6.90. The molecular formula is C14H20BrNO. The molecule has 1 aromatic rings. The Kier molecular flexibility index (Phi) is 3.79. The summed E-state index contributed by atoms with van der Waals surface area (Å²) in [5.74, 6) is 1.80. The second-order valence-corrected chi connectivity index (χ2v) is 5.71. The number of nitrogens with one attached hydrogen (secondary N) is 1. The Bertz CT molecular complexity index is 427. The Labute approximate surface area is 112 Å². The van der Waals surface area contributed by atoms with Crippen molar-refractivity contribution < 1.29 is 4.74 Å². The van der Waals surface area contributed by atoms with Gasteiger partial charge in [0.05, 0.1) is 7.11 Å². The number of hydrogen-bond acceptors (Lipinski definition) is 2. The highest BCUT2D eigenvalue weighted by molar-refractivity contribution is 9.10. The molecule has 94 valence electrons. The van der Waals surface area contributed by atoms with Crippen LogP contribution in [0.2, 0.25) is 0 Å². The predicted molar refractivity (Wildman–Crippen MR) is 74.7 cm³/mol. The van der Waals surface area contributed by atoms with E-state index in [2.05, 4.69) is 41.2 Å². The molecular weight excluding hydrogens is 278 g/mol. The van der Waals surface area contributed by atoms with E-state index in [-0.39, 0.29) is 0 Å². The second-order valence-electron chi connectivity index (χ2n) is 4.85. The van der Waals surface area contributed by atoms with E-state index >= 15 is 0 Å². The predicted octanol–water partition coefficient (Wildman–Crippen LogP) is 3.75. The minimum absolute atomic E-state index is 0.418. The Morgan fingerprint density at radius 3 is 2.53 bits per heavy atom. The van der Waals surface area contributed by atoms with Crippen molar-refractivity contribution in [3.8, 4) is 5.75 Å². The molecule has 0 radical (unpaired) electrons. The fourth-order valence-corrected chi connectivity index (χ4v) is 3.12. The van der Waals surface area contributed by atoms with E-state index in [9.17, 15) is 0 Å². The molecule has 1 aliphatic carbocycles. The largest absolute Gasteiger partial charge is 0.496 e. The fourth-order valence-electron chi connectivity index (χ4n) is 2.57. The van der Waals surface area contributed by atoms with E-state index in [1.165, 1.54) is 34.0 Å². The van der Waals surface area contributed by atoms with Crippen LogP contribution in [0.15, 0.2) is 10.5 Å². The summed E-state index contributed by atoms with van der Waals surface area (Å²) in [5, 5.41) is 3.45. The van der Waals surface area contributed by atoms with Gasteiger partial charge in [0.25, 0.3) is 0 Å². The van der Waals surface area contributed by atoms with E-state index in [1.807, 2.05) is 7.05 Å². The topological polar surface area (TPSA) is 21.3 Å². The van der Waals surface area contributed by atoms with Crippen LogP contribution in [0.25, 0.3) is 0 Å². The van der Waals surface area contributed by atoms with Gasteiger partial charge in [-0.3, -0.25) is 0 Å². The zero-order valence-corrected chi connectivity index (χ0v) is 12.5. The van der Waals surface area contributed by atoms with E-state index < -0.39 is 0 Å². The van der Waals surface area contributed by atoms with Crippen LogP contribution < -0.4 is 10.1 Å². The average molecular weight is 298 g/mol. The number of methoxy groups -OCH3 is 1. The fraction of sp³-hybridized carbons (Fsp3) is 0.571. The molecule has 1 N–H and O–H groups in total. The highest BCUT2D eigenvalue weighted by atomic mass is 79.9. The van der Waals surface area contributed by atoms with Crippen molar-refractivity contribution in [3.63, 3.8) is 0 Å². The first kappa shape index (κ1) is 12.9. The zero-order chi connectivity index (χ0) is 12.6. The number of hydrogen-bond donors (Lipinski definition) is 1. The number of rotatable bonds is 4. The SMILES string of the molecule is CNC(c1c(C)c(Br)cc(C)c1OC)C1CC1. The third-order valence-corrected chi connectivity index (χ3v) is 4.45. The summed E-state index contributed by atoms with van der Waals surface area (Å²) in [6, 6.07) is 2.55. The third-order valence-electron chi connectivity index (χ3n) is 3.63. The van der Waals surface area contributed by atoms with Crippen molar-refractivity contribution in [1.82, 2.24) is 5.32 Å². The van der Waals surface area contributed by atoms with Crippen molar-refractivity contribution in [2.24, 2.45) is 5.92 Å². The molecule has 0 saturated heterocycles. The highest BCUT2D eigenvalue weighted by Gasteiger charge is 2.34. The third kappa shape index (κ3) is 2.36. The molecule has 1 unspecified atom stereocenters. The van der Waals surface area contributed by atoms with Crippen molar-refractivity contribution >= 4 is 15.9 Å². The van der Waals surface area contributed by atoms with Gasteiger partial charge in [0.1, 0.15) is 5.75 Å². The molecule has 1 aliphatic rings. The Balaban J connectivity index is 2.55. The zero-order valence-electron chi connectivity index (χ0n) is 10.9. The number of aryl methyl sites for hydroxylation is 1. The monoisotopic (exact) mass is 297 g/mol. The van der Waals surface area contributed by atoms with Gasteiger partial charge in [0.15, 0.2) is 0 Å². The summed E-state index contributed by atoms with van der Waals surface area (Å²) < 4.78 is 6.78. The average Bonchev–Trinajstić information content (AvgIpc) is 3.10. The van der Waals surface area contributed by atoms with Crippen LogP contribution in [0.1, 0.15) is 35.6 Å². The van der Waals surface area contributed by atoms with Crippen LogP contribution >= 0.6 is 15.9 Å². The summed E-state index contributed by atoms with van der Waals surface area (Å²) in [5.41, 5.74) is 3.81. The molecule has 0 amide bonds. The standard InChI is InChI=1S/C14H20BrNO/c1-8-7-11(15)9(2)12(14(8)17-4)13(16-3)10-5-6-10/h7,10,13,16H,5-6H2,1-4H3. The molecule has 1 fully saturated rings. The maximum absolute atomic E-state index is 5.61. The molecule has 2 nitrogen and oxygen atoms in total. The first-order chi connectivity index (χ1) is 8.10. The maximum Gasteiger partial charge on any atom is 0.126 e. The quantitative estimate of drug-likeness (QED) is 0.914. The highest BCUT2D eigenvalue weighted by Crippen LogP contribution is 2.46. The number of benzene rings is 1.